The normalized spacial score (nSPS) is 18.8. The van der Waals surface area contributed by atoms with Crippen LogP contribution in [0.2, 0.25) is 0 Å². The first-order valence-corrected chi connectivity index (χ1v) is 6.45. The Hall–Kier alpha value is -1.80. The van der Waals surface area contributed by atoms with Crippen LogP contribution in [0.4, 0.5) is 0 Å². The fourth-order valence-electron chi connectivity index (χ4n) is 2.30. The lowest BCUT2D eigenvalue weighted by Crippen LogP contribution is -2.19. The van der Waals surface area contributed by atoms with E-state index in [0.717, 1.165) is 25.3 Å². The highest BCUT2D eigenvalue weighted by molar-refractivity contribution is 5.64. The van der Waals surface area contributed by atoms with Gasteiger partial charge in [0.25, 0.3) is 0 Å². The summed E-state index contributed by atoms with van der Waals surface area (Å²) in [7, 11) is 0. The van der Waals surface area contributed by atoms with Crippen LogP contribution in [0.25, 0.3) is 11.1 Å². The zero-order valence-electron chi connectivity index (χ0n) is 10.3. The third-order valence-electron chi connectivity index (χ3n) is 3.26. The summed E-state index contributed by atoms with van der Waals surface area (Å²) in [5.41, 5.74) is 2.44. The first kappa shape index (κ1) is 11.3. The number of ether oxygens (including phenoxy) is 1. The fourth-order valence-corrected chi connectivity index (χ4v) is 2.30. The van der Waals surface area contributed by atoms with E-state index in [1.807, 2.05) is 12.1 Å². The lowest BCUT2D eigenvalue weighted by Gasteiger charge is -2.13. The molecule has 2 aromatic rings. The largest absolute Gasteiger partial charge is 0.489 e. The van der Waals surface area contributed by atoms with Crippen LogP contribution < -0.4 is 10.1 Å². The van der Waals surface area contributed by atoms with Crippen molar-refractivity contribution in [1.29, 1.82) is 0 Å². The summed E-state index contributed by atoms with van der Waals surface area (Å²) >= 11 is 0. The lowest BCUT2D eigenvalue weighted by atomic mass is 10.1. The molecule has 2 aromatic carbocycles. The van der Waals surface area contributed by atoms with Gasteiger partial charge in [-0.25, -0.2) is 0 Å². The molecule has 2 nitrogen and oxygen atoms in total. The van der Waals surface area contributed by atoms with Crippen LogP contribution in [0.3, 0.4) is 0 Å². The zero-order valence-corrected chi connectivity index (χ0v) is 10.3. The summed E-state index contributed by atoms with van der Waals surface area (Å²) in [4.78, 5) is 0. The zero-order chi connectivity index (χ0) is 12.2. The molecule has 92 valence electrons. The quantitative estimate of drug-likeness (QED) is 0.888. The van der Waals surface area contributed by atoms with E-state index in [1.165, 1.54) is 11.1 Å². The first-order valence-electron chi connectivity index (χ1n) is 6.45. The number of nitrogens with one attached hydrogen (secondary N) is 1. The topological polar surface area (TPSA) is 21.3 Å². The van der Waals surface area contributed by atoms with Crippen molar-refractivity contribution in [3.63, 3.8) is 0 Å². The van der Waals surface area contributed by atoms with Crippen LogP contribution in [0.1, 0.15) is 6.42 Å². The first-order chi connectivity index (χ1) is 8.92. The Balaban J connectivity index is 1.80. The molecule has 0 amide bonds. The molecule has 0 unspecified atom stereocenters. The molecule has 1 atom stereocenters. The van der Waals surface area contributed by atoms with E-state index in [1.54, 1.807) is 0 Å². The van der Waals surface area contributed by atoms with Crippen LogP contribution in [0, 0.1) is 0 Å². The Morgan fingerprint density at radius 2 is 1.78 bits per heavy atom. The minimum Gasteiger partial charge on any atom is -0.489 e. The van der Waals surface area contributed by atoms with Crippen molar-refractivity contribution in [2.45, 2.75) is 12.5 Å². The van der Waals surface area contributed by atoms with Gasteiger partial charge in [-0.2, -0.15) is 0 Å². The Morgan fingerprint density at radius 3 is 2.56 bits per heavy atom. The molecule has 0 radical (unpaired) electrons. The van der Waals surface area contributed by atoms with Crippen molar-refractivity contribution < 1.29 is 4.74 Å². The third kappa shape index (κ3) is 2.54. The van der Waals surface area contributed by atoms with Gasteiger partial charge in [0, 0.05) is 6.54 Å². The summed E-state index contributed by atoms with van der Waals surface area (Å²) in [5, 5.41) is 3.31. The molecule has 1 heterocycles. The molecular formula is C16H17NO. The fraction of sp³-hybridized carbons (Fsp3) is 0.250. The standard InChI is InChI=1S/C16H17NO/c1-2-5-13(6-3-1)14-7-4-8-15(11-14)18-16-9-10-17-12-16/h1-8,11,16-17H,9-10,12H2/t16-/m1/s1. The Bertz CT molecular complexity index is 504. The van der Waals surface area contributed by atoms with Gasteiger partial charge in [0.1, 0.15) is 11.9 Å². The van der Waals surface area contributed by atoms with Gasteiger partial charge in [-0.1, -0.05) is 42.5 Å². The Morgan fingerprint density at radius 1 is 0.944 bits per heavy atom. The molecule has 1 fully saturated rings. The molecule has 0 aromatic heterocycles. The Labute approximate surface area is 108 Å². The molecular weight excluding hydrogens is 222 g/mol. The van der Waals surface area contributed by atoms with Gasteiger partial charge in [0.15, 0.2) is 0 Å². The molecule has 1 aliphatic rings. The summed E-state index contributed by atoms with van der Waals surface area (Å²) in [6, 6.07) is 18.7. The molecule has 3 rings (SSSR count). The number of benzene rings is 2. The van der Waals surface area contributed by atoms with Gasteiger partial charge in [-0.15, -0.1) is 0 Å². The van der Waals surface area contributed by atoms with Gasteiger partial charge in [0.2, 0.25) is 0 Å². The van der Waals surface area contributed by atoms with Crippen LogP contribution in [0.5, 0.6) is 5.75 Å². The number of hydrogen-bond donors (Lipinski definition) is 1. The van der Waals surface area contributed by atoms with Crippen molar-refractivity contribution in [2.75, 3.05) is 13.1 Å². The molecule has 0 aliphatic carbocycles. The van der Waals surface area contributed by atoms with Gasteiger partial charge >= 0.3 is 0 Å². The maximum atomic E-state index is 5.97. The van der Waals surface area contributed by atoms with Crippen molar-refractivity contribution in [2.24, 2.45) is 0 Å². The van der Waals surface area contributed by atoms with Gasteiger partial charge < -0.3 is 10.1 Å². The predicted octanol–water partition coefficient (Wildman–Crippen LogP) is 3.09. The summed E-state index contributed by atoms with van der Waals surface area (Å²) in [6.45, 7) is 2.01. The molecule has 0 bridgehead atoms. The number of rotatable bonds is 3. The highest BCUT2D eigenvalue weighted by Crippen LogP contribution is 2.24. The van der Waals surface area contributed by atoms with Crippen molar-refractivity contribution >= 4 is 0 Å². The van der Waals surface area contributed by atoms with Gasteiger partial charge in [0.05, 0.1) is 0 Å². The van der Waals surface area contributed by atoms with Crippen molar-refractivity contribution in [3.05, 3.63) is 54.6 Å². The molecule has 0 saturated carbocycles. The summed E-state index contributed by atoms with van der Waals surface area (Å²) < 4.78 is 5.97. The maximum Gasteiger partial charge on any atom is 0.120 e. The van der Waals surface area contributed by atoms with Gasteiger partial charge in [-0.3, -0.25) is 0 Å². The van der Waals surface area contributed by atoms with Gasteiger partial charge in [-0.05, 0) is 36.2 Å². The van der Waals surface area contributed by atoms with E-state index in [-0.39, 0.29) is 0 Å². The van der Waals surface area contributed by atoms with Crippen LogP contribution in [-0.4, -0.2) is 19.2 Å². The number of hydrogen-bond acceptors (Lipinski definition) is 2. The second-order valence-electron chi connectivity index (χ2n) is 4.63. The average molecular weight is 239 g/mol. The SMILES string of the molecule is c1ccc(-c2cccc(O[C@@H]3CCNC3)c2)cc1. The van der Waals surface area contributed by atoms with Crippen molar-refractivity contribution in [3.8, 4) is 16.9 Å². The lowest BCUT2D eigenvalue weighted by molar-refractivity contribution is 0.223. The van der Waals surface area contributed by atoms with E-state index in [9.17, 15) is 0 Å². The minimum atomic E-state index is 0.316. The van der Waals surface area contributed by atoms with Crippen LogP contribution in [0.15, 0.2) is 54.6 Å². The highest BCUT2D eigenvalue weighted by Gasteiger charge is 2.15. The molecule has 1 N–H and O–H groups in total. The van der Waals surface area contributed by atoms with Crippen LogP contribution >= 0.6 is 0 Å². The van der Waals surface area contributed by atoms with E-state index >= 15 is 0 Å². The highest BCUT2D eigenvalue weighted by atomic mass is 16.5. The van der Waals surface area contributed by atoms with E-state index in [0.29, 0.717) is 6.10 Å². The van der Waals surface area contributed by atoms with E-state index < -0.39 is 0 Å². The van der Waals surface area contributed by atoms with E-state index in [4.69, 9.17) is 4.74 Å². The predicted molar refractivity (Wildman–Crippen MR) is 73.8 cm³/mol. The third-order valence-corrected chi connectivity index (χ3v) is 3.26. The maximum absolute atomic E-state index is 5.97. The Kier molecular flexibility index (Phi) is 3.29. The molecule has 2 heteroatoms. The second kappa shape index (κ2) is 5.23. The average Bonchev–Trinajstić information content (AvgIpc) is 2.93. The summed E-state index contributed by atoms with van der Waals surface area (Å²) in [6.07, 6.45) is 1.41. The second-order valence-corrected chi connectivity index (χ2v) is 4.63. The van der Waals surface area contributed by atoms with Crippen molar-refractivity contribution in [1.82, 2.24) is 5.32 Å². The molecule has 0 spiro atoms. The molecule has 18 heavy (non-hydrogen) atoms. The van der Waals surface area contributed by atoms with Crippen LogP contribution in [-0.2, 0) is 0 Å². The smallest absolute Gasteiger partial charge is 0.120 e. The molecule has 1 saturated heterocycles. The monoisotopic (exact) mass is 239 g/mol. The minimum absolute atomic E-state index is 0.316. The summed E-state index contributed by atoms with van der Waals surface area (Å²) in [5.74, 6) is 0.963. The van der Waals surface area contributed by atoms with E-state index in [2.05, 4.69) is 47.8 Å². The molecule has 1 aliphatic heterocycles.